The Morgan fingerprint density at radius 1 is 0.963 bits per heavy atom. The van der Waals surface area contributed by atoms with Crippen LogP contribution in [0.4, 0.5) is 0 Å². The predicted octanol–water partition coefficient (Wildman–Crippen LogP) is 3.57. The molecule has 0 aromatic heterocycles. The molecule has 0 fully saturated rings. The summed E-state index contributed by atoms with van der Waals surface area (Å²) in [6.07, 6.45) is 0.165. The maximum atomic E-state index is 12.1. The van der Waals surface area contributed by atoms with Crippen molar-refractivity contribution in [1.82, 2.24) is 10.9 Å². The van der Waals surface area contributed by atoms with Crippen molar-refractivity contribution in [2.24, 2.45) is 0 Å². The summed E-state index contributed by atoms with van der Waals surface area (Å²) < 4.78 is 5.44. The van der Waals surface area contributed by atoms with E-state index in [0.29, 0.717) is 10.8 Å². The molecule has 0 atom stereocenters. The summed E-state index contributed by atoms with van der Waals surface area (Å²) in [6.45, 7) is 1.63. The van der Waals surface area contributed by atoms with Gasteiger partial charge in [0, 0.05) is 5.02 Å². The van der Waals surface area contributed by atoms with E-state index in [4.69, 9.17) is 16.3 Å². The summed E-state index contributed by atoms with van der Waals surface area (Å²) in [5.74, 6) is -0.186. The van der Waals surface area contributed by atoms with Crippen LogP contribution in [0.15, 0.2) is 60.7 Å². The van der Waals surface area contributed by atoms with Crippen LogP contribution in [0.1, 0.15) is 11.1 Å². The Kier molecular flexibility index (Phi) is 5.94. The van der Waals surface area contributed by atoms with Crippen molar-refractivity contribution in [3.8, 4) is 5.75 Å². The molecule has 0 aliphatic rings. The van der Waals surface area contributed by atoms with E-state index in [1.54, 1.807) is 18.2 Å². The predicted molar refractivity (Wildman–Crippen MR) is 106 cm³/mol. The highest BCUT2D eigenvalue weighted by Crippen LogP contribution is 2.21. The summed E-state index contributed by atoms with van der Waals surface area (Å²) >= 11 is 5.88. The molecular weight excluding hydrogens is 364 g/mol. The fourth-order valence-electron chi connectivity index (χ4n) is 2.76. The van der Waals surface area contributed by atoms with Gasteiger partial charge in [0.2, 0.25) is 5.91 Å². The van der Waals surface area contributed by atoms with Gasteiger partial charge in [-0.25, -0.2) is 0 Å². The van der Waals surface area contributed by atoms with Gasteiger partial charge in [0.1, 0.15) is 5.75 Å². The number of aryl methyl sites for hydroxylation is 1. The number of hydrazine groups is 1. The number of halogens is 1. The minimum absolute atomic E-state index is 0.165. The molecule has 2 N–H and O–H groups in total. The summed E-state index contributed by atoms with van der Waals surface area (Å²) in [5.41, 5.74) is 6.50. The quantitative estimate of drug-likeness (QED) is 0.663. The van der Waals surface area contributed by atoms with Gasteiger partial charge in [-0.2, -0.15) is 0 Å². The van der Waals surface area contributed by atoms with Crippen LogP contribution in [0.25, 0.3) is 10.8 Å². The fourth-order valence-corrected chi connectivity index (χ4v) is 2.98. The summed E-state index contributed by atoms with van der Waals surface area (Å²) in [7, 11) is 0. The molecule has 0 saturated heterocycles. The van der Waals surface area contributed by atoms with Crippen LogP contribution in [-0.4, -0.2) is 18.4 Å². The van der Waals surface area contributed by atoms with Gasteiger partial charge < -0.3 is 4.74 Å². The SMILES string of the molecule is Cc1cc(Cl)ccc1OCC(=O)NNC(=O)Cc1cccc2ccccc12. The largest absolute Gasteiger partial charge is 0.483 e. The van der Waals surface area contributed by atoms with Gasteiger partial charge in [-0.3, -0.25) is 20.4 Å². The molecule has 3 rings (SSSR count). The highest BCUT2D eigenvalue weighted by atomic mass is 35.5. The maximum Gasteiger partial charge on any atom is 0.276 e. The molecule has 3 aromatic rings. The van der Waals surface area contributed by atoms with Gasteiger partial charge in [0.15, 0.2) is 6.61 Å². The number of hydrogen-bond acceptors (Lipinski definition) is 3. The Morgan fingerprint density at radius 3 is 2.52 bits per heavy atom. The maximum absolute atomic E-state index is 12.1. The molecule has 0 aliphatic carbocycles. The number of benzene rings is 3. The van der Waals surface area contributed by atoms with Crippen LogP contribution < -0.4 is 15.6 Å². The number of rotatable bonds is 5. The monoisotopic (exact) mass is 382 g/mol. The molecule has 0 aliphatic heterocycles. The molecule has 138 valence electrons. The first-order valence-electron chi connectivity index (χ1n) is 8.46. The van der Waals surface area contributed by atoms with Gasteiger partial charge >= 0.3 is 0 Å². The normalized spacial score (nSPS) is 10.4. The second-order valence-electron chi connectivity index (χ2n) is 6.11. The van der Waals surface area contributed by atoms with E-state index >= 15 is 0 Å². The lowest BCUT2D eigenvalue weighted by molar-refractivity contribution is -0.129. The third-order valence-corrected chi connectivity index (χ3v) is 4.30. The van der Waals surface area contributed by atoms with E-state index in [9.17, 15) is 9.59 Å². The van der Waals surface area contributed by atoms with Crippen molar-refractivity contribution >= 4 is 34.2 Å². The smallest absolute Gasteiger partial charge is 0.276 e. The molecular formula is C21H19ClN2O3. The average Bonchev–Trinajstić information content (AvgIpc) is 2.66. The molecule has 2 amide bonds. The second kappa shape index (κ2) is 8.56. The fraction of sp³-hybridized carbons (Fsp3) is 0.143. The molecule has 0 unspecified atom stereocenters. The number of carbonyl (C=O) groups excluding carboxylic acids is 2. The zero-order chi connectivity index (χ0) is 19.2. The first-order valence-corrected chi connectivity index (χ1v) is 8.84. The van der Waals surface area contributed by atoms with Crippen molar-refractivity contribution in [1.29, 1.82) is 0 Å². The van der Waals surface area contributed by atoms with E-state index in [0.717, 1.165) is 21.9 Å². The number of amides is 2. The lowest BCUT2D eigenvalue weighted by atomic mass is 10.0. The first kappa shape index (κ1) is 18.7. The molecule has 0 saturated carbocycles. The van der Waals surface area contributed by atoms with Crippen LogP contribution in [0.5, 0.6) is 5.75 Å². The van der Waals surface area contributed by atoms with E-state index < -0.39 is 5.91 Å². The van der Waals surface area contributed by atoms with E-state index in [2.05, 4.69) is 10.9 Å². The van der Waals surface area contributed by atoms with Crippen molar-refractivity contribution < 1.29 is 14.3 Å². The number of nitrogens with one attached hydrogen (secondary N) is 2. The highest BCUT2D eigenvalue weighted by molar-refractivity contribution is 6.30. The van der Waals surface area contributed by atoms with Gasteiger partial charge in [0.25, 0.3) is 5.91 Å². The van der Waals surface area contributed by atoms with Crippen LogP contribution in [0.3, 0.4) is 0 Å². The summed E-state index contributed by atoms with van der Waals surface area (Å²) in [6, 6.07) is 18.8. The summed E-state index contributed by atoms with van der Waals surface area (Å²) in [4.78, 5) is 24.0. The highest BCUT2D eigenvalue weighted by Gasteiger charge is 2.09. The third-order valence-electron chi connectivity index (χ3n) is 4.07. The van der Waals surface area contributed by atoms with Gasteiger partial charge in [-0.05, 0) is 47.0 Å². The van der Waals surface area contributed by atoms with Crippen molar-refractivity contribution in [2.75, 3.05) is 6.61 Å². The van der Waals surface area contributed by atoms with E-state index in [1.807, 2.05) is 49.4 Å². The van der Waals surface area contributed by atoms with E-state index in [-0.39, 0.29) is 18.9 Å². The van der Waals surface area contributed by atoms with Crippen LogP contribution in [0, 0.1) is 6.92 Å². The van der Waals surface area contributed by atoms with Crippen molar-refractivity contribution in [3.05, 3.63) is 76.8 Å². The number of hydrogen-bond donors (Lipinski definition) is 2. The molecule has 5 nitrogen and oxygen atoms in total. The average molecular weight is 383 g/mol. The minimum atomic E-state index is -0.449. The lowest BCUT2D eigenvalue weighted by Gasteiger charge is -2.11. The standard InChI is InChI=1S/C21H19ClN2O3/c1-14-11-17(22)9-10-19(14)27-13-21(26)24-23-20(25)12-16-7-4-6-15-5-2-3-8-18(15)16/h2-11H,12-13H2,1H3,(H,23,25)(H,24,26). The van der Waals surface area contributed by atoms with Gasteiger partial charge in [-0.15, -0.1) is 0 Å². The number of fused-ring (bicyclic) bond motifs is 1. The molecule has 27 heavy (non-hydrogen) atoms. The summed E-state index contributed by atoms with van der Waals surface area (Å²) in [5, 5.41) is 2.69. The zero-order valence-corrected chi connectivity index (χ0v) is 15.5. The Morgan fingerprint density at radius 2 is 1.70 bits per heavy atom. The van der Waals surface area contributed by atoms with Crippen LogP contribution in [0.2, 0.25) is 5.02 Å². The zero-order valence-electron chi connectivity index (χ0n) is 14.8. The van der Waals surface area contributed by atoms with Gasteiger partial charge in [-0.1, -0.05) is 54.1 Å². The Labute approximate surface area is 162 Å². The molecule has 0 bridgehead atoms. The molecule has 0 heterocycles. The lowest BCUT2D eigenvalue weighted by Crippen LogP contribution is -2.44. The van der Waals surface area contributed by atoms with E-state index in [1.165, 1.54) is 0 Å². The Hall–Kier alpha value is -3.05. The van der Waals surface area contributed by atoms with Gasteiger partial charge in [0.05, 0.1) is 6.42 Å². The van der Waals surface area contributed by atoms with Crippen LogP contribution in [-0.2, 0) is 16.0 Å². The number of ether oxygens (including phenoxy) is 1. The van der Waals surface area contributed by atoms with Crippen molar-refractivity contribution in [2.45, 2.75) is 13.3 Å². The van der Waals surface area contributed by atoms with Crippen LogP contribution >= 0.6 is 11.6 Å². The Balaban J connectivity index is 1.50. The minimum Gasteiger partial charge on any atom is -0.483 e. The molecule has 3 aromatic carbocycles. The number of carbonyl (C=O) groups is 2. The van der Waals surface area contributed by atoms with Crippen molar-refractivity contribution in [3.63, 3.8) is 0 Å². The second-order valence-corrected chi connectivity index (χ2v) is 6.55. The molecule has 0 radical (unpaired) electrons. The molecule has 6 heteroatoms. The third kappa shape index (κ3) is 4.99. The molecule has 0 spiro atoms. The topological polar surface area (TPSA) is 67.4 Å². The Bertz CT molecular complexity index is 983. The first-order chi connectivity index (χ1) is 13.0.